The number of fused-ring (bicyclic) bond motifs is 2. The molecular weight excluding hydrogens is 551 g/mol. The number of likely N-dealkylation sites (tertiary alicyclic amines) is 1. The number of nitrogens with zero attached hydrogens (tertiary/aromatic N) is 5. The Bertz CT molecular complexity index is 1550. The van der Waals surface area contributed by atoms with Crippen molar-refractivity contribution in [1.29, 1.82) is 0 Å². The summed E-state index contributed by atoms with van der Waals surface area (Å²) >= 11 is 0. The minimum atomic E-state index is -3.35. The maximum atomic E-state index is 15.4. The van der Waals surface area contributed by atoms with Crippen LogP contribution in [0.15, 0.2) is 29.4 Å². The molecule has 3 atom stereocenters. The lowest BCUT2D eigenvalue weighted by Gasteiger charge is -2.38. The Balaban J connectivity index is 1.29. The Kier molecular flexibility index (Phi) is 6.63. The van der Waals surface area contributed by atoms with Gasteiger partial charge < -0.3 is 20.1 Å². The number of benzene rings is 1. The summed E-state index contributed by atoms with van der Waals surface area (Å²) in [6.45, 7) is -1.73. The predicted octanol–water partition coefficient (Wildman–Crippen LogP) is 4.10. The molecule has 1 saturated carbocycles. The van der Waals surface area contributed by atoms with Crippen LogP contribution in [0.5, 0.6) is 5.88 Å². The van der Waals surface area contributed by atoms with Gasteiger partial charge in [0.15, 0.2) is 5.82 Å². The third-order valence-corrected chi connectivity index (χ3v) is 8.23. The van der Waals surface area contributed by atoms with Crippen LogP contribution in [0.1, 0.15) is 24.8 Å². The fraction of sp³-hybridized carbons (Fsp3) is 0.481. The molecular formula is C27H27F5N6O3. The summed E-state index contributed by atoms with van der Waals surface area (Å²) in [4.78, 5) is 21.3. The van der Waals surface area contributed by atoms with Gasteiger partial charge >= 0.3 is 0 Å². The molecule has 2 N–H and O–H groups in total. The normalized spacial score (nSPS) is 24.6. The van der Waals surface area contributed by atoms with E-state index in [1.54, 1.807) is 24.4 Å². The van der Waals surface area contributed by atoms with Crippen LogP contribution in [0.4, 0.5) is 33.6 Å². The van der Waals surface area contributed by atoms with Crippen molar-refractivity contribution in [2.45, 2.75) is 44.1 Å². The summed E-state index contributed by atoms with van der Waals surface area (Å²) in [5, 5.41) is 15.8. The number of hydrogen-bond acceptors (Lipinski definition) is 7. The Hall–Kier alpha value is -3.81. The van der Waals surface area contributed by atoms with Gasteiger partial charge in [-0.05, 0) is 48.4 Å². The maximum Gasteiger partial charge on any atom is 0.285 e. The van der Waals surface area contributed by atoms with Crippen molar-refractivity contribution in [2.24, 2.45) is 16.3 Å². The van der Waals surface area contributed by atoms with Crippen molar-refractivity contribution in [1.82, 2.24) is 19.5 Å². The van der Waals surface area contributed by atoms with Crippen LogP contribution in [-0.4, -0.2) is 81.9 Å². The topological polar surface area (TPSA) is 104 Å². The first-order valence-electron chi connectivity index (χ1n) is 13.2. The molecule has 3 aromatic rings. The molecule has 2 aromatic heterocycles. The Morgan fingerprint density at radius 1 is 1.32 bits per heavy atom. The van der Waals surface area contributed by atoms with E-state index in [1.165, 1.54) is 11.6 Å². The number of rotatable bonds is 7. The number of hydrogen-bond donors (Lipinski definition) is 2. The second kappa shape index (κ2) is 9.93. The fourth-order valence-electron chi connectivity index (χ4n) is 6.00. The van der Waals surface area contributed by atoms with E-state index in [2.05, 4.69) is 20.4 Å². The van der Waals surface area contributed by atoms with Gasteiger partial charge in [-0.25, -0.2) is 26.5 Å². The largest absolute Gasteiger partial charge is 0.479 e. The Labute approximate surface area is 231 Å². The van der Waals surface area contributed by atoms with Crippen LogP contribution in [0, 0.1) is 17.2 Å². The molecule has 6 rings (SSSR count). The average molecular weight is 579 g/mol. The molecule has 1 spiro atoms. The van der Waals surface area contributed by atoms with E-state index in [0.29, 0.717) is 24.1 Å². The number of aliphatic hydroxyl groups is 1. The number of ether oxygens (including phenoxy) is 1. The van der Waals surface area contributed by atoms with Crippen molar-refractivity contribution in [3.05, 3.63) is 35.8 Å². The quantitative estimate of drug-likeness (QED) is 0.409. The van der Waals surface area contributed by atoms with Crippen molar-refractivity contribution in [3.8, 4) is 17.0 Å². The van der Waals surface area contributed by atoms with Gasteiger partial charge in [-0.2, -0.15) is 4.98 Å². The van der Waals surface area contributed by atoms with Gasteiger partial charge in [0.1, 0.15) is 12.1 Å². The molecule has 1 aliphatic carbocycles. The van der Waals surface area contributed by atoms with E-state index in [9.17, 15) is 22.4 Å². The van der Waals surface area contributed by atoms with Crippen LogP contribution in [0.3, 0.4) is 0 Å². The average Bonchev–Trinajstić information content (AvgIpc) is 3.44. The third-order valence-electron chi connectivity index (χ3n) is 8.23. The van der Waals surface area contributed by atoms with Crippen LogP contribution in [0.2, 0.25) is 0 Å². The summed E-state index contributed by atoms with van der Waals surface area (Å²) < 4.78 is 77.6. The number of carbonyl (C=O) groups excluding carboxylic acids is 1. The number of piperidine rings is 1. The number of aliphatic hydroxyl groups excluding tert-OH is 1. The second-order valence-electron chi connectivity index (χ2n) is 10.8. The number of aliphatic imine (C=N–C) groups is 1. The lowest BCUT2D eigenvalue weighted by Crippen LogP contribution is -2.56. The lowest BCUT2D eigenvalue weighted by molar-refractivity contribution is -0.145. The zero-order chi connectivity index (χ0) is 29.1. The summed E-state index contributed by atoms with van der Waals surface area (Å²) in [6, 6.07) is 3.78. The van der Waals surface area contributed by atoms with Gasteiger partial charge in [0.2, 0.25) is 24.2 Å². The van der Waals surface area contributed by atoms with Crippen LogP contribution < -0.4 is 10.1 Å². The minimum absolute atomic E-state index is 0.000862. The first-order chi connectivity index (χ1) is 19.5. The fourth-order valence-corrected chi connectivity index (χ4v) is 6.00. The van der Waals surface area contributed by atoms with E-state index >= 15 is 4.39 Å². The monoisotopic (exact) mass is 578 g/mol. The molecule has 1 aromatic carbocycles. The number of halogens is 5. The van der Waals surface area contributed by atoms with E-state index in [0.717, 1.165) is 16.7 Å². The van der Waals surface area contributed by atoms with Crippen molar-refractivity contribution < 1.29 is 36.6 Å². The molecule has 3 aliphatic rings. The third kappa shape index (κ3) is 4.87. The van der Waals surface area contributed by atoms with Crippen molar-refractivity contribution in [2.75, 3.05) is 32.1 Å². The Morgan fingerprint density at radius 3 is 2.83 bits per heavy atom. The van der Waals surface area contributed by atoms with Crippen molar-refractivity contribution >= 4 is 29.3 Å². The molecule has 0 radical (unpaired) electrons. The highest BCUT2D eigenvalue weighted by atomic mass is 19.3. The number of aromatic nitrogens is 3. The molecule has 218 valence electrons. The molecule has 14 heteroatoms. The zero-order valence-electron chi connectivity index (χ0n) is 22.0. The van der Waals surface area contributed by atoms with E-state index in [-0.39, 0.29) is 48.2 Å². The number of alkyl halides is 4. The SMILES string of the molecule is COc1nc(N[C@@H]2CCN(C(=O)CO)CC2(F)F)nn2cc(F)c(-c3ccc4c(c3)C[C@]3(C=N4)CC3CC(F)F)c12. The number of anilines is 1. The molecule has 4 heterocycles. The van der Waals surface area contributed by atoms with Crippen LogP contribution >= 0.6 is 0 Å². The van der Waals surface area contributed by atoms with Crippen LogP contribution in [-0.2, 0) is 11.2 Å². The number of nitrogens with one attached hydrogen (secondary N) is 1. The first-order valence-corrected chi connectivity index (χ1v) is 13.2. The molecule has 0 bridgehead atoms. The molecule has 41 heavy (non-hydrogen) atoms. The molecule has 9 nitrogen and oxygen atoms in total. The van der Waals surface area contributed by atoms with Gasteiger partial charge in [-0.15, -0.1) is 5.10 Å². The maximum absolute atomic E-state index is 15.4. The van der Waals surface area contributed by atoms with E-state index in [1.807, 2.05) is 0 Å². The Morgan fingerprint density at radius 2 is 2.12 bits per heavy atom. The van der Waals surface area contributed by atoms with Crippen molar-refractivity contribution in [3.63, 3.8) is 0 Å². The predicted molar refractivity (Wildman–Crippen MR) is 139 cm³/mol. The number of carbonyl (C=O) groups is 1. The highest BCUT2D eigenvalue weighted by Gasteiger charge is 2.54. The van der Waals surface area contributed by atoms with Gasteiger partial charge in [-0.3, -0.25) is 9.79 Å². The number of amides is 1. The number of methoxy groups -OCH3 is 1. The highest BCUT2D eigenvalue weighted by molar-refractivity contribution is 5.87. The van der Waals surface area contributed by atoms with Crippen LogP contribution in [0.25, 0.3) is 16.6 Å². The molecule has 1 amide bonds. The first kappa shape index (κ1) is 27.4. The summed E-state index contributed by atoms with van der Waals surface area (Å²) in [5.41, 5.74) is 1.90. The summed E-state index contributed by atoms with van der Waals surface area (Å²) in [5.74, 6) is -5.20. The van der Waals surface area contributed by atoms with Gasteiger partial charge in [0.25, 0.3) is 5.92 Å². The second-order valence-corrected chi connectivity index (χ2v) is 10.8. The smallest absolute Gasteiger partial charge is 0.285 e. The van der Waals surface area contributed by atoms with E-state index in [4.69, 9.17) is 9.84 Å². The van der Waals surface area contributed by atoms with Gasteiger partial charge in [-0.1, -0.05) is 6.07 Å². The molecule has 1 saturated heterocycles. The summed E-state index contributed by atoms with van der Waals surface area (Å²) in [6.07, 6.45) is 1.30. The molecule has 2 aliphatic heterocycles. The molecule has 2 fully saturated rings. The molecule has 1 unspecified atom stereocenters. The highest BCUT2D eigenvalue weighted by Crippen LogP contribution is 2.58. The van der Waals surface area contributed by atoms with Gasteiger partial charge in [0.05, 0.1) is 37.1 Å². The standard InChI is InChI=1S/C27H27F5N6O3/c1-41-24-23-22(14-2-3-18-15(6-14)8-26(12-33-18)9-16(26)7-20(29)30)17(28)10-38(23)36-25(35-24)34-19-4-5-37(21(40)11-39)13-27(19,31)32/h2-3,6,10,12,16,19-20,39H,4-5,7-9,11,13H2,1H3,(H,34,36)/t16?,19-,26-/m1/s1. The summed E-state index contributed by atoms with van der Waals surface area (Å²) in [7, 11) is 1.32. The van der Waals surface area contributed by atoms with Gasteiger partial charge in [0, 0.05) is 24.6 Å². The van der Waals surface area contributed by atoms with E-state index < -0.39 is 48.7 Å². The minimum Gasteiger partial charge on any atom is -0.479 e. The lowest BCUT2D eigenvalue weighted by atomic mass is 9.89. The zero-order valence-corrected chi connectivity index (χ0v) is 22.0.